The molecule has 0 radical (unpaired) electrons. The van der Waals surface area contributed by atoms with Crippen LogP contribution in [0.15, 0.2) is 59.8 Å². The van der Waals surface area contributed by atoms with Crippen LogP contribution in [0, 0.1) is 0 Å². The van der Waals surface area contributed by atoms with Crippen molar-refractivity contribution in [3.05, 3.63) is 60.4 Å². The molecule has 2 rings (SSSR count). The summed E-state index contributed by atoms with van der Waals surface area (Å²) in [5.74, 6) is -0.212. The lowest BCUT2D eigenvalue weighted by atomic mass is 10.3. The van der Waals surface area contributed by atoms with Gasteiger partial charge in [0.2, 0.25) is 0 Å². The second kappa shape index (κ2) is 6.90. The molecule has 1 aromatic carbocycles. The number of rotatable bonds is 5. The van der Waals surface area contributed by atoms with Crippen molar-refractivity contribution in [2.24, 2.45) is 5.10 Å². The van der Waals surface area contributed by atoms with E-state index in [1.807, 2.05) is 42.5 Å². The smallest absolute Gasteiger partial charge is 0.259 e. The number of para-hydroxylation sites is 1. The van der Waals surface area contributed by atoms with Crippen LogP contribution < -0.4 is 10.7 Å². The summed E-state index contributed by atoms with van der Waals surface area (Å²) in [6.45, 7) is 0.170. The number of anilines is 1. The third-order valence-corrected chi connectivity index (χ3v) is 2.30. The number of hydrogen-bond donors (Lipinski definition) is 2. The van der Waals surface area contributed by atoms with Gasteiger partial charge in [-0.3, -0.25) is 9.78 Å². The average molecular weight is 254 g/mol. The van der Waals surface area contributed by atoms with E-state index < -0.39 is 0 Å². The van der Waals surface area contributed by atoms with Crippen molar-refractivity contribution in [1.82, 2.24) is 10.4 Å². The SMILES string of the molecule is O=C(CNc1ccccc1)N/N=C\c1ccccn1. The van der Waals surface area contributed by atoms with E-state index in [1.165, 1.54) is 6.21 Å². The quantitative estimate of drug-likeness (QED) is 0.629. The van der Waals surface area contributed by atoms with Gasteiger partial charge in [0.1, 0.15) is 0 Å². The lowest BCUT2D eigenvalue weighted by molar-refractivity contribution is -0.119. The third kappa shape index (κ3) is 4.59. The number of nitrogens with zero attached hydrogens (tertiary/aromatic N) is 2. The molecule has 0 saturated heterocycles. The molecule has 0 atom stereocenters. The lowest BCUT2D eigenvalue weighted by Gasteiger charge is -2.04. The van der Waals surface area contributed by atoms with Gasteiger partial charge < -0.3 is 5.32 Å². The van der Waals surface area contributed by atoms with Gasteiger partial charge in [0.15, 0.2) is 0 Å². The van der Waals surface area contributed by atoms with Crippen molar-refractivity contribution in [2.45, 2.75) is 0 Å². The molecule has 1 heterocycles. The fourth-order valence-electron chi connectivity index (χ4n) is 1.40. The number of nitrogens with one attached hydrogen (secondary N) is 2. The highest BCUT2D eigenvalue weighted by atomic mass is 16.2. The molecule has 1 aromatic heterocycles. The Hall–Kier alpha value is -2.69. The maximum atomic E-state index is 11.5. The number of carbonyl (C=O) groups is 1. The molecule has 19 heavy (non-hydrogen) atoms. The standard InChI is InChI=1S/C14H14N4O/c19-14(11-16-12-6-2-1-3-7-12)18-17-10-13-8-4-5-9-15-13/h1-10,16H,11H2,(H,18,19)/b17-10-. The number of amides is 1. The molecule has 2 aromatic rings. The Bertz CT molecular complexity index is 540. The maximum Gasteiger partial charge on any atom is 0.259 e. The van der Waals surface area contributed by atoms with Gasteiger partial charge in [0, 0.05) is 11.9 Å². The van der Waals surface area contributed by atoms with Gasteiger partial charge in [-0.1, -0.05) is 24.3 Å². The van der Waals surface area contributed by atoms with E-state index in [9.17, 15) is 4.79 Å². The Morgan fingerprint density at radius 3 is 2.68 bits per heavy atom. The molecule has 1 amide bonds. The molecule has 0 spiro atoms. The van der Waals surface area contributed by atoms with E-state index in [2.05, 4.69) is 20.8 Å². The highest BCUT2D eigenvalue weighted by molar-refractivity contribution is 5.83. The van der Waals surface area contributed by atoms with Crippen LogP contribution in [0.5, 0.6) is 0 Å². The molecule has 0 fully saturated rings. The first-order chi connectivity index (χ1) is 9.34. The zero-order valence-corrected chi connectivity index (χ0v) is 10.3. The van der Waals surface area contributed by atoms with Gasteiger partial charge in [0.25, 0.3) is 5.91 Å². The van der Waals surface area contributed by atoms with E-state index in [4.69, 9.17) is 0 Å². The van der Waals surface area contributed by atoms with Crippen molar-refractivity contribution >= 4 is 17.8 Å². The Morgan fingerprint density at radius 1 is 1.16 bits per heavy atom. The number of aromatic nitrogens is 1. The molecule has 0 aliphatic carbocycles. The highest BCUT2D eigenvalue weighted by Gasteiger charge is 1.98. The summed E-state index contributed by atoms with van der Waals surface area (Å²) in [6, 6.07) is 15.0. The van der Waals surface area contributed by atoms with E-state index >= 15 is 0 Å². The first-order valence-corrected chi connectivity index (χ1v) is 5.86. The van der Waals surface area contributed by atoms with Crippen LogP contribution in [-0.2, 0) is 4.79 Å². The Kier molecular flexibility index (Phi) is 4.64. The largest absolute Gasteiger partial charge is 0.376 e. The number of pyridine rings is 1. The van der Waals surface area contributed by atoms with Crippen LogP contribution in [0.4, 0.5) is 5.69 Å². The Labute approximate surface area is 111 Å². The number of benzene rings is 1. The second-order valence-electron chi connectivity index (χ2n) is 3.77. The molecular weight excluding hydrogens is 240 g/mol. The number of hydrogen-bond acceptors (Lipinski definition) is 4. The van der Waals surface area contributed by atoms with Gasteiger partial charge >= 0.3 is 0 Å². The van der Waals surface area contributed by atoms with Gasteiger partial charge in [-0.05, 0) is 24.3 Å². The summed E-state index contributed by atoms with van der Waals surface area (Å²) in [6.07, 6.45) is 3.17. The number of carbonyl (C=O) groups excluding carboxylic acids is 1. The normalized spacial score (nSPS) is 10.3. The minimum absolute atomic E-state index is 0.170. The van der Waals surface area contributed by atoms with E-state index in [1.54, 1.807) is 12.3 Å². The van der Waals surface area contributed by atoms with E-state index in [0.717, 1.165) is 5.69 Å². The van der Waals surface area contributed by atoms with Crippen molar-refractivity contribution < 1.29 is 4.79 Å². The predicted octanol–water partition coefficient (Wildman–Crippen LogP) is 1.64. The molecule has 0 bridgehead atoms. The molecule has 0 aliphatic rings. The predicted molar refractivity (Wildman–Crippen MR) is 74.9 cm³/mol. The molecule has 0 aliphatic heterocycles. The molecule has 5 nitrogen and oxygen atoms in total. The van der Waals surface area contributed by atoms with Gasteiger partial charge in [0.05, 0.1) is 18.5 Å². The van der Waals surface area contributed by atoms with Crippen LogP contribution >= 0.6 is 0 Å². The van der Waals surface area contributed by atoms with E-state index in [0.29, 0.717) is 5.69 Å². The summed E-state index contributed by atoms with van der Waals surface area (Å²) >= 11 is 0. The summed E-state index contributed by atoms with van der Waals surface area (Å²) in [4.78, 5) is 15.6. The Morgan fingerprint density at radius 2 is 1.95 bits per heavy atom. The third-order valence-electron chi connectivity index (χ3n) is 2.30. The highest BCUT2D eigenvalue weighted by Crippen LogP contribution is 2.03. The van der Waals surface area contributed by atoms with Gasteiger partial charge in [-0.2, -0.15) is 5.10 Å². The minimum atomic E-state index is -0.212. The summed E-state index contributed by atoms with van der Waals surface area (Å²) in [5, 5.41) is 6.82. The van der Waals surface area contributed by atoms with Crippen molar-refractivity contribution in [2.75, 3.05) is 11.9 Å². The first-order valence-electron chi connectivity index (χ1n) is 5.86. The van der Waals surface area contributed by atoms with Gasteiger partial charge in [-0.25, -0.2) is 5.43 Å². The molecule has 0 saturated carbocycles. The van der Waals surface area contributed by atoms with Crippen LogP contribution in [-0.4, -0.2) is 23.7 Å². The minimum Gasteiger partial charge on any atom is -0.376 e. The van der Waals surface area contributed by atoms with E-state index in [-0.39, 0.29) is 12.5 Å². The lowest BCUT2D eigenvalue weighted by Crippen LogP contribution is -2.25. The molecular formula is C14H14N4O. The summed E-state index contributed by atoms with van der Waals surface area (Å²) < 4.78 is 0. The topological polar surface area (TPSA) is 66.4 Å². The zero-order valence-electron chi connectivity index (χ0n) is 10.3. The first kappa shape index (κ1) is 12.8. The summed E-state index contributed by atoms with van der Waals surface area (Å²) in [7, 11) is 0. The van der Waals surface area contributed by atoms with Crippen LogP contribution in [0.1, 0.15) is 5.69 Å². The molecule has 0 unspecified atom stereocenters. The van der Waals surface area contributed by atoms with Crippen molar-refractivity contribution in [3.8, 4) is 0 Å². The summed E-state index contributed by atoms with van der Waals surface area (Å²) in [5.41, 5.74) is 4.02. The maximum absolute atomic E-state index is 11.5. The monoisotopic (exact) mass is 254 g/mol. The fraction of sp³-hybridized carbons (Fsp3) is 0.0714. The molecule has 5 heteroatoms. The Balaban J connectivity index is 1.75. The van der Waals surface area contributed by atoms with Crippen molar-refractivity contribution in [3.63, 3.8) is 0 Å². The molecule has 96 valence electrons. The number of hydrazone groups is 1. The second-order valence-corrected chi connectivity index (χ2v) is 3.77. The average Bonchev–Trinajstić information content (AvgIpc) is 2.47. The van der Waals surface area contributed by atoms with Crippen LogP contribution in [0.3, 0.4) is 0 Å². The zero-order chi connectivity index (χ0) is 13.3. The van der Waals surface area contributed by atoms with Crippen molar-refractivity contribution in [1.29, 1.82) is 0 Å². The molecule has 2 N–H and O–H groups in total. The van der Waals surface area contributed by atoms with Crippen LogP contribution in [0.2, 0.25) is 0 Å². The fourth-order valence-corrected chi connectivity index (χ4v) is 1.40. The van der Waals surface area contributed by atoms with Gasteiger partial charge in [-0.15, -0.1) is 0 Å². The van der Waals surface area contributed by atoms with Crippen LogP contribution in [0.25, 0.3) is 0 Å².